The fraction of sp³-hybridized carbons (Fsp3) is 0.556. The van der Waals surface area contributed by atoms with Gasteiger partial charge in [-0.2, -0.15) is 0 Å². The van der Waals surface area contributed by atoms with Crippen LogP contribution in [-0.4, -0.2) is 22.9 Å². The Balaban J connectivity index is 2.56. The average molecular weight is 154 g/mol. The van der Waals surface area contributed by atoms with E-state index in [4.69, 9.17) is 5.11 Å². The van der Waals surface area contributed by atoms with Crippen molar-refractivity contribution in [3.05, 3.63) is 23.8 Å². The van der Waals surface area contributed by atoms with E-state index in [1.54, 1.807) is 6.92 Å². The van der Waals surface area contributed by atoms with Crippen LogP contribution in [0.15, 0.2) is 23.8 Å². The van der Waals surface area contributed by atoms with Gasteiger partial charge in [0.1, 0.15) is 0 Å². The molecule has 1 aliphatic rings. The average Bonchev–Trinajstić information content (AvgIpc) is 2.40. The molecule has 0 heterocycles. The molecule has 1 aliphatic carbocycles. The minimum atomic E-state index is -0.453. The summed E-state index contributed by atoms with van der Waals surface area (Å²) in [5.41, 5.74) is 1.13. The minimum absolute atomic E-state index is 0.0329. The van der Waals surface area contributed by atoms with Gasteiger partial charge in [-0.15, -0.1) is 0 Å². The first-order valence-corrected chi connectivity index (χ1v) is 3.90. The summed E-state index contributed by atoms with van der Waals surface area (Å²) in [7, 11) is 0. The van der Waals surface area contributed by atoms with Gasteiger partial charge in [0.25, 0.3) is 0 Å². The van der Waals surface area contributed by atoms with Crippen LogP contribution in [0.4, 0.5) is 0 Å². The second-order valence-corrected chi connectivity index (χ2v) is 2.90. The second-order valence-electron chi connectivity index (χ2n) is 2.90. The quantitative estimate of drug-likeness (QED) is 0.633. The maximum absolute atomic E-state index is 9.24. The standard InChI is InChI=1S/C9H14O2/c1-7(11)9(6-10)8-4-2-3-5-8/h2-4,7,9-11H,5-6H2,1H3. The molecule has 0 aromatic carbocycles. The molecule has 2 unspecified atom stereocenters. The maximum Gasteiger partial charge on any atom is 0.0599 e. The minimum Gasteiger partial charge on any atom is -0.396 e. The summed E-state index contributed by atoms with van der Waals surface area (Å²) >= 11 is 0. The normalized spacial score (nSPS) is 21.5. The van der Waals surface area contributed by atoms with Crippen molar-refractivity contribution in [2.45, 2.75) is 19.4 Å². The first-order valence-electron chi connectivity index (χ1n) is 3.90. The molecule has 11 heavy (non-hydrogen) atoms. The van der Waals surface area contributed by atoms with Crippen LogP contribution in [0.1, 0.15) is 13.3 Å². The molecule has 2 heteroatoms. The number of hydrogen-bond donors (Lipinski definition) is 2. The molecular formula is C9H14O2. The third-order valence-electron chi connectivity index (χ3n) is 2.06. The van der Waals surface area contributed by atoms with Crippen LogP contribution in [0.5, 0.6) is 0 Å². The van der Waals surface area contributed by atoms with E-state index in [0.717, 1.165) is 12.0 Å². The zero-order valence-electron chi connectivity index (χ0n) is 6.70. The zero-order chi connectivity index (χ0) is 8.27. The van der Waals surface area contributed by atoms with E-state index in [0.29, 0.717) is 0 Å². The van der Waals surface area contributed by atoms with Crippen molar-refractivity contribution >= 4 is 0 Å². The lowest BCUT2D eigenvalue weighted by atomic mass is 9.94. The molecule has 0 amide bonds. The van der Waals surface area contributed by atoms with E-state index in [-0.39, 0.29) is 12.5 Å². The summed E-state index contributed by atoms with van der Waals surface area (Å²) in [6.07, 6.45) is 6.37. The monoisotopic (exact) mass is 154 g/mol. The van der Waals surface area contributed by atoms with Gasteiger partial charge in [0.2, 0.25) is 0 Å². The fourth-order valence-corrected chi connectivity index (χ4v) is 1.32. The van der Waals surface area contributed by atoms with Gasteiger partial charge < -0.3 is 10.2 Å². The fourth-order valence-electron chi connectivity index (χ4n) is 1.32. The van der Waals surface area contributed by atoms with Crippen molar-refractivity contribution in [2.75, 3.05) is 6.61 Å². The Kier molecular flexibility index (Phi) is 2.85. The Hall–Kier alpha value is -0.600. The van der Waals surface area contributed by atoms with Gasteiger partial charge >= 0.3 is 0 Å². The van der Waals surface area contributed by atoms with Crippen LogP contribution in [0.2, 0.25) is 0 Å². The molecule has 2 atom stereocenters. The third kappa shape index (κ3) is 1.91. The molecule has 0 aromatic heterocycles. The number of aliphatic hydroxyl groups is 2. The molecule has 0 saturated carbocycles. The predicted octanol–water partition coefficient (Wildman–Crippen LogP) is 0.862. The van der Waals surface area contributed by atoms with Crippen molar-refractivity contribution in [3.8, 4) is 0 Å². The molecule has 0 aromatic rings. The number of allylic oxidation sites excluding steroid dienone is 3. The number of hydrogen-bond acceptors (Lipinski definition) is 2. The van der Waals surface area contributed by atoms with Crippen molar-refractivity contribution in [1.82, 2.24) is 0 Å². The van der Waals surface area contributed by atoms with Gasteiger partial charge in [-0.25, -0.2) is 0 Å². The van der Waals surface area contributed by atoms with Gasteiger partial charge in [0, 0.05) is 5.92 Å². The maximum atomic E-state index is 9.24. The Morgan fingerprint density at radius 1 is 1.64 bits per heavy atom. The van der Waals surface area contributed by atoms with E-state index in [9.17, 15) is 5.11 Å². The highest BCUT2D eigenvalue weighted by atomic mass is 16.3. The molecule has 62 valence electrons. The first kappa shape index (κ1) is 8.50. The lowest BCUT2D eigenvalue weighted by molar-refractivity contribution is 0.0995. The molecule has 0 radical (unpaired) electrons. The summed E-state index contributed by atoms with van der Waals surface area (Å²) in [4.78, 5) is 0. The van der Waals surface area contributed by atoms with Crippen molar-refractivity contribution in [3.63, 3.8) is 0 Å². The molecule has 0 bridgehead atoms. The Morgan fingerprint density at radius 2 is 2.36 bits per heavy atom. The number of aliphatic hydroxyl groups excluding tert-OH is 2. The topological polar surface area (TPSA) is 40.5 Å². The van der Waals surface area contributed by atoms with Crippen LogP contribution in [0.25, 0.3) is 0 Å². The molecular weight excluding hydrogens is 140 g/mol. The zero-order valence-corrected chi connectivity index (χ0v) is 6.70. The third-order valence-corrected chi connectivity index (χ3v) is 2.06. The summed E-state index contributed by atoms with van der Waals surface area (Å²) in [5, 5.41) is 18.2. The Labute approximate surface area is 66.9 Å². The predicted molar refractivity (Wildman–Crippen MR) is 44.1 cm³/mol. The summed E-state index contributed by atoms with van der Waals surface area (Å²) in [6, 6.07) is 0. The van der Waals surface area contributed by atoms with Gasteiger partial charge in [-0.05, 0) is 13.3 Å². The van der Waals surface area contributed by atoms with E-state index >= 15 is 0 Å². The molecule has 1 rings (SSSR count). The summed E-state index contributed by atoms with van der Waals surface area (Å²) in [6.45, 7) is 1.74. The van der Waals surface area contributed by atoms with Gasteiger partial charge in [-0.3, -0.25) is 0 Å². The smallest absolute Gasteiger partial charge is 0.0599 e. The van der Waals surface area contributed by atoms with Gasteiger partial charge in [-0.1, -0.05) is 23.8 Å². The summed E-state index contributed by atoms with van der Waals surface area (Å²) < 4.78 is 0. The Bertz CT molecular complexity index is 180. The van der Waals surface area contributed by atoms with Crippen molar-refractivity contribution in [2.24, 2.45) is 5.92 Å². The van der Waals surface area contributed by atoms with E-state index in [2.05, 4.69) is 0 Å². The van der Waals surface area contributed by atoms with E-state index in [1.807, 2.05) is 18.2 Å². The van der Waals surface area contributed by atoms with Crippen LogP contribution in [-0.2, 0) is 0 Å². The highest BCUT2D eigenvalue weighted by Crippen LogP contribution is 2.22. The van der Waals surface area contributed by atoms with E-state index in [1.165, 1.54) is 0 Å². The second kappa shape index (κ2) is 3.69. The van der Waals surface area contributed by atoms with Crippen LogP contribution in [0.3, 0.4) is 0 Å². The number of rotatable bonds is 3. The van der Waals surface area contributed by atoms with Gasteiger partial charge in [0.15, 0.2) is 0 Å². The lowest BCUT2D eigenvalue weighted by Crippen LogP contribution is -2.22. The van der Waals surface area contributed by atoms with Gasteiger partial charge in [0.05, 0.1) is 12.7 Å². The molecule has 0 saturated heterocycles. The highest BCUT2D eigenvalue weighted by Gasteiger charge is 2.18. The summed E-state index contributed by atoms with van der Waals surface area (Å²) in [5.74, 6) is -0.0787. The van der Waals surface area contributed by atoms with Crippen LogP contribution in [0, 0.1) is 5.92 Å². The highest BCUT2D eigenvalue weighted by molar-refractivity contribution is 5.25. The lowest BCUT2D eigenvalue weighted by Gasteiger charge is -2.18. The molecule has 0 spiro atoms. The molecule has 2 N–H and O–H groups in total. The Morgan fingerprint density at radius 3 is 2.73 bits per heavy atom. The molecule has 0 aliphatic heterocycles. The first-order chi connectivity index (χ1) is 5.25. The molecule has 2 nitrogen and oxygen atoms in total. The largest absolute Gasteiger partial charge is 0.396 e. The SMILES string of the molecule is CC(O)C(CO)C1=CC=CC1. The van der Waals surface area contributed by atoms with E-state index < -0.39 is 6.10 Å². The van der Waals surface area contributed by atoms with Crippen molar-refractivity contribution in [1.29, 1.82) is 0 Å². The van der Waals surface area contributed by atoms with Crippen molar-refractivity contribution < 1.29 is 10.2 Å². The van der Waals surface area contributed by atoms with Crippen LogP contribution >= 0.6 is 0 Å². The molecule has 0 fully saturated rings. The van der Waals surface area contributed by atoms with Crippen LogP contribution < -0.4 is 0 Å².